The molecule has 0 amide bonds. The van der Waals surface area contributed by atoms with Crippen molar-refractivity contribution in [1.29, 1.82) is 0 Å². The molecule has 2 rings (SSSR count). The molecule has 0 aliphatic heterocycles. The van der Waals surface area contributed by atoms with E-state index in [-0.39, 0.29) is 6.61 Å². The van der Waals surface area contributed by atoms with Crippen molar-refractivity contribution in [1.82, 2.24) is 4.98 Å². The predicted molar refractivity (Wildman–Crippen MR) is 75.8 cm³/mol. The van der Waals surface area contributed by atoms with Gasteiger partial charge >= 0.3 is 5.97 Å². The van der Waals surface area contributed by atoms with E-state index in [9.17, 15) is 4.79 Å². The lowest BCUT2D eigenvalue weighted by molar-refractivity contribution is 0.0467. The number of carbonyl (C=O) groups is 1. The van der Waals surface area contributed by atoms with E-state index in [1.807, 2.05) is 0 Å². The minimum atomic E-state index is -0.510. The van der Waals surface area contributed by atoms with Gasteiger partial charge in [-0.3, -0.25) is 0 Å². The summed E-state index contributed by atoms with van der Waals surface area (Å²) in [6.07, 6.45) is 0. The molecule has 0 aliphatic rings. The Labute approximate surface area is 121 Å². The van der Waals surface area contributed by atoms with Gasteiger partial charge in [-0.2, -0.15) is 0 Å². The molecule has 0 saturated carbocycles. The van der Waals surface area contributed by atoms with Crippen molar-refractivity contribution in [2.75, 3.05) is 12.8 Å². The van der Waals surface area contributed by atoms with Gasteiger partial charge in [0.1, 0.15) is 6.61 Å². The smallest absolute Gasteiger partial charge is 0.338 e. The standard InChI is InChI=1S/C14H13ClN2O3/c1-19-13-4-2-3-12(17-13)8-20-14(18)9-5-10(15)7-11(16)6-9/h2-7H,8,16H2,1H3. The van der Waals surface area contributed by atoms with Crippen LogP contribution in [-0.4, -0.2) is 18.1 Å². The number of pyridine rings is 1. The van der Waals surface area contributed by atoms with Crippen LogP contribution in [0.15, 0.2) is 36.4 Å². The van der Waals surface area contributed by atoms with Crippen LogP contribution in [0.1, 0.15) is 16.1 Å². The highest BCUT2D eigenvalue weighted by Crippen LogP contribution is 2.18. The van der Waals surface area contributed by atoms with Crippen molar-refractivity contribution in [2.24, 2.45) is 0 Å². The molecule has 0 atom stereocenters. The molecule has 0 fully saturated rings. The summed E-state index contributed by atoms with van der Waals surface area (Å²) < 4.78 is 10.1. The molecule has 0 spiro atoms. The second-order valence-corrected chi connectivity index (χ2v) is 4.46. The molecule has 104 valence electrons. The molecule has 20 heavy (non-hydrogen) atoms. The molecular formula is C14H13ClN2O3. The van der Waals surface area contributed by atoms with Crippen LogP contribution < -0.4 is 10.5 Å². The average molecular weight is 293 g/mol. The zero-order valence-corrected chi connectivity index (χ0v) is 11.6. The van der Waals surface area contributed by atoms with Gasteiger partial charge in [-0.25, -0.2) is 9.78 Å². The molecule has 1 aromatic heterocycles. The molecular weight excluding hydrogens is 280 g/mol. The SMILES string of the molecule is COc1cccc(COC(=O)c2cc(N)cc(Cl)c2)n1. The fourth-order valence-corrected chi connectivity index (χ4v) is 1.85. The summed E-state index contributed by atoms with van der Waals surface area (Å²) in [6.45, 7) is 0.0441. The van der Waals surface area contributed by atoms with Crippen LogP contribution in [0.25, 0.3) is 0 Å². The summed E-state index contributed by atoms with van der Waals surface area (Å²) >= 11 is 5.83. The summed E-state index contributed by atoms with van der Waals surface area (Å²) in [5.74, 6) is -0.0469. The number of hydrogen-bond donors (Lipinski definition) is 1. The monoisotopic (exact) mass is 292 g/mol. The Bertz CT molecular complexity index is 611. The Balaban J connectivity index is 2.04. The largest absolute Gasteiger partial charge is 0.481 e. The highest BCUT2D eigenvalue weighted by atomic mass is 35.5. The number of nitrogens with zero attached hydrogens (tertiary/aromatic N) is 1. The van der Waals surface area contributed by atoms with Crippen molar-refractivity contribution in [3.63, 3.8) is 0 Å². The zero-order chi connectivity index (χ0) is 14.5. The third kappa shape index (κ3) is 3.61. The van der Waals surface area contributed by atoms with Crippen LogP contribution in [0.3, 0.4) is 0 Å². The number of carbonyl (C=O) groups excluding carboxylic acids is 1. The first-order chi connectivity index (χ1) is 9.58. The first-order valence-electron chi connectivity index (χ1n) is 5.81. The fourth-order valence-electron chi connectivity index (χ4n) is 1.60. The van der Waals surface area contributed by atoms with Gasteiger partial charge in [0.05, 0.1) is 18.4 Å². The maximum Gasteiger partial charge on any atom is 0.338 e. The molecule has 0 bridgehead atoms. The molecule has 1 heterocycles. The summed E-state index contributed by atoms with van der Waals surface area (Å²) in [6, 6.07) is 9.78. The van der Waals surface area contributed by atoms with Gasteiger partial charge in [0.2, 0.25) is 5.88 Å². The highest BCUT2D eigenvalue weighted by Gasteiger charge is 2.10. The number of hydrogen-bond acceptors (Lipinski definition) is 5. The molecule has 5 nitrogen and oxygen atoms in total. The Morgan fingerprint density at radius 3 is 2.85 bits per heavy atom. The number of rotatable bonds is 4. The number of halogens is 1. The first-order valence-corrected chi connectivity index (χ1v) is 6.19. The molecule has 6 heteroatoms. The Morgan fingerprint density at radius 1 is 1.35 bits per heavy atom. The van der Waals surface area contributed by atoms with Gasteiger partial charge < -0.3 is 15.2 Å². The van der Waals surface area contributed by atoms with E-state index in [4.69, 9.17) is 26.8 Å². The predicted octanol–water partition coefficient (Wildman–Crippen LogP) is 2.68. The average Bonchev–Trinajstić information content (AvgIpc) is 2.44. The second kappa shape index (κ2) is 6.25. The molecule has 1 aromatic carbocycles. The molecule has 2 N–H and O–H groups in total. The third-order valence-corrected chi connectivity index (χ3v) is 2.72. The van der Waals surface area contributed by atoms with E-state index in [1.54, 1.807) is 24.3 Å². The van der Waals surface area contributed by atoms with Crippen LogP contribution in [0, 0.1) is 0 Å². The van der Waals surface area contributed by atoms with E-state index in [2.05, 4.69) is 4.98 Å². The lowest BCUT2D eigenvalue weighted by atomic mass is 10.2. The van der Waals surface area contributed by atoms with Crippen molar-refractivity contribution in [3.05, 3.63) is 52.7 Å². The number of nitrogens with two attached hydrogens (primary N) is 1. The maximum absolute atomic E-state index is 11.9. The summed E-state index contributed by atoms with van der Waals surface area (Å²) in [5, 5.41) is 0.386. The highest BCUT2D eigenvalue weighted by molar-refractivity contribution is 6.31. The number of nitrogen functional groups attached to an aromatic ring is 1. The minimum absolute atomic E-state index is 0.0441. The van der Waals surface area contributed by atoms with E-state index < -0.39 is 5.97 Å². The van der Waals surface area contributed by atoms with Gasteiger partial charge in [-0.05, 0) is 24.3 Å². The minimum Gasteiger partial charge on any atom is -0.481 e. The molecule has 0 saturated heterocycles. The molecule has 2 aromatic rings. The van der Waals surface area contributed by atoms with Gasteiger partial charge in [0.25, 0.3) is 0 Å². The lowest BCUT2D eigenvalue weighted by Gasteiger charge is -2.06. The normalized spacial score (nSPS) is 10.1. The second-order valence-electron chi connectivity index (χ2n) is 4.02. The van der Waals surface area contributed by atoms with Gasteiger partial charge in [0, 0.05) is 16.8 Å². The summed E-state index contributed by atoms with van der Waals surface area (Å²) in [7, 11) is 1.52. The summed E-state index contributed by atoms with van der Waals surface area (Å²) in [4.78, 5) is 16.0. The van der Waals surface area contributed by atoms with E-state index in [1.165, 1.54) is 19.2 Å². The van der Waals surface area contributed by atoms with Crippen LogP contribution >= 0.6 is 11.6 Å². The number of ether oxygens (including phenoxy) is 2. The number of anilines is 1. The first kappa shape index (κ1) is 14.1. The van der Waals surface area contributed by atoms with Gasteiger partial charge in [-0.15, -0.1) is 0 Å². The van der Waals surface area contributed by atoms with Crippen molar-refractivity contribution in [3.8, 4) is 5.88 Å². The molecule has 0 radical (unpaired) electrons. The number of esters is 1. The van der Waals surface area contributed by atoms with Crippen molar-refractivity contribution >= 4 is 23.3 Å². The van der Waals surface area contributed by atoms with E-state index in [0.717, 1.165) is 0 Å². The van der Waals surface area contributed by atoms with Gasteiger partial charge in [-0.1, -0.05) is 17.7 Å². The number of methoxy groups -OCH3 is 1. The summed E-state index contributed by atoms with van der Waals surface area (Å²) in [5.41, 5.74) is 6.92. The fraction of sp³-hybridized carbons (Fsp3) is 0.143. The van der Waals surface area contributed by atoms with Crippen LogP contribution in [0.4, 0.5) is 5.69 Å². The number of benzene rings is 1. The third-order valence-electron chi connectivity index (χ3n) is 2.50. The van der Waals surface area contributed by atoms with E-state index in [0.29, 0.717) is 27.8 Å². The zero-order valence-electron chi connectivity index (χ0n) is 10.8. The Hall–Kier alpha value is -2.27. The van der Waals surface area contributed by atoms with Crippen LogP contribution in [0.5, 0.6) is 5.88 Å². The maximum atomic E-state index is 11.9. The Kier molecular flexibility index (Phi) is 4.42. The topological polar surface area (TPSA) is 74.4 Å². The molecule has 0 aliphatic carbocycles. The lowest BCUT2D eigenvalue weighted by Crippen LogP contribution is -2.07. The molecule has 0 unspecified atom stereocenters. The Morgan fingerprint density at radius 2 is 2.15 bits per heavy atom. The van der Waals surface area contributed by atoms with Crippen LogP contribution in [0.2, 0.25) is 5.02 Å². The van der Waals surface area contributed by atoms with Crippen molar-refractivity contribution < 1.29 is 14.3 Å². The van der Waals surface area contributed by atoms with E-state index >= 15 is 0 Å². The number of aromatic nitrogens is 1. The quantitative estimate of drug-likeness (QED) is 0.693. The van der Waals surface area contributed by atoms with Crippen LogP contribution in [-0.2, 0) is 11.3 Å². The van der Waals surface area contributed by atoms with Gasteiger partial charge in [0.15, 0.2) is 0 Å². The van der Waals surface area contributed by atoms with Crippen molar-refractivity contribution in [2.45, 2.75) is 6.61 Å².